The first-order valence-electron chi connectivity index (χ1n) is 9.06. The number of carbonyl (C=O) groups is 1. The maximum atomic E-state index is 12.4. The fraction of sp³-hybridized carbons (Fsp3) is 0.350. The quantitative estimate of drug-likeness (QED) is 0.579. The fourth-order valence-corrected chi connectivity index (χ4v) is 4.12. The molecule has 2 N–H and O–H groups in total. The number of hydrogen-bond acceptors (Lipinski definition) is 6. The Kier molecular flexibility index (Phi) is 8.69. The van der Waals surface area contributed by atoms with Gasteiger partial charge in [0.05, 0.1) is 17.0 Å². The minimum Gasteiger partial charge on any atom is -0.445 e. The first-order chi connectivity index (χ1) is 13.3. The van der Waals surface area contributed by atoms with Crippen LogP contribution in [0.5, 0.6) is 0 Å². The molecule has 1 fully saturated rings. The SMILES string of the molecule is Cc1ccc(S(=O)(=O)OC2CCN(C(=O)OCc3ccccc3)CC2N)cc1.[Na]. The molecule has 2 unspecified atom stereocenters. The average Bonchev–Trinajstić information content (AvgIpc) is 2.68. The normalized spacial score (nSPS) is 19.3. The summed E-state index contributed by atoms with van der Waals surface area (Å²) in [4.78, 5) is 13.8. The van der Waals surface area contributed by atoms with Crippen LogP contribution in [0.2, 0.25) is 0 Å². The van der Waals surface area contributed by atoms with Gasteiger partial charge in [-0.2, -0.15) is 8.42 Å². The number of amides is 1. The van der Waals surface area contributed by atoms with E-state index in [0.717, 1.165) is 11.1 Å². The standard InChI is InChI=1S/C20H24N2O5S.Na/c1-15-7-9-17(10-8-15)28(24,25)27-19-11-12-22(13-18(19)21)20(23)26-14-16-5-3-2-4-6-16;/h2-10,18-19H,11-14,21H2,1H3;. The maximum Gasteiger partial charge on any atom is 0.410 e. The van der Waals surface area contributed by atoms with Crippen LogP contribution in [0.4, 0.5) is 4.79 Å². The van der Waals surface area contributed by atoms with Gasteiger partial charge >= 0.3 is 6.09 Å². The summed E-state index contributed by atoms with van der Waals surface area (Å²) in [7, 11) is -3.91. The van der Waals surface area contributed by atoms with Crippen molar-refractivity contribution in [2.24, 2.45) is 5.73 Å². The van der Waals surface area contributed by atoms with E-state index in [1.807, 2.05) is 37.3 Å². The van der Waals surface area contributed by atoms with Gasteiger partial charge in [0.15, 0.2) is 0 Å². The number of nitrogens with zero attached hydrogens (tertiary/aromatic N) is 1. The number of piperidine rings is 1. The molecule has 1 heterocycles. The molecule has 1 aliphatic heterocycles. The Morgan fingerprint density at radius 2 is 1.79 bits per heavy atom. The van der Waals surface area contributed by atoms with E-state index in [2.05, 4.69) is 0 Å². The van der Waals surface area contributed by atoms with Crippen molar-refractivity contribution in [1.82, 2.24) is 4.90 Å². The minimum atomic E-state index is -3.91. The van der Waals surface area contributed by atoms with Crippen molar-refractivity contribution in [1.29, 1.82) is 0 Å². The van der Waals surface area contributed by atoms with E-state index in [4.69, 9.17) is 14.7 Å². The molecule has 0 saturated carbocycles. The number of nitrogens with two attached hydrogens (primary N) is 1. The molecule has 7 nitrogen and oxygen atoms in total. The minimum absolute atomic E-state index is 0. The number of hydrogen-bond donors (Lipinski definition) is 1. The molecule has 2 atom stereocenters. The van der Waals surface area contributed by atoms with Gasteiger partial charge in [0, 0.05) is 42.6 Å². The van der Waals surface area contributed by atoms with Gasteiger partial charge in [0.2, 0.25) is 0 Å². The van der Waals surface area contributed by atoms with Crippen molar-refractivity contribution in [3.05, 3.63) is 65.7 Å². The number of rotatable bonds is 5. The molecule has 3 rings (SSSR count). The Hall–Kier alpha value is -1.42. The van der Waals surface area contributed by atoms with E-state index in [9.17, 15) is 13.2 Å². The monoisotopic (exact) mass is 427 g/mol. The number of ether oxygens (including phenoxy) is 1. The van der Waals surface area contributed by atoms with Crippen LogP contribution in [0.3, 0.4) is 0 Å². The van der Waals surface area contributed by atoms with E-state index < -0.39 is 28.4 Å². The van der Waals surface area contributed by atoms with Gasteiger partial charge in [-0.05, 0) is 31.0 Å². The Morgan fingerprint density at radius 1 is 1.14 bits per heavy atom. The number of likely N-dealkylation sites (tertiary alicyclic amines) is 1. The van der Waals surface area contributed by atoms with Crippen LogP contribution in [0.25, 0.3) is 0 Å². The smallest absolute Gasteiger partial charge is 0.410 e. The summed E-state index contributed by atoms with van der Waals surface area (Å²) in [5, 5.41) is 0. The molecule has 29 heavy (non-hydrogen) atoms. The first kappa shape index (κ1) is 23.9. The van der Waals surface area contributed by atoms with E-state index in [1.165, 1.54) is 17.0 Å². The van der Waals surface area contributed by atoms with Crippen molar-refractivity contribution >= 4 is 45.8 Å². The molecule has 2 aromatic carbocycles. The predicted octanol–water partition coefficient (Wildman–Crippen LogP) is 2.06. The summed E-state index contributed by atoms with van der Waals surface area (Å²) in [6.45, 7) is 2.53. The molecule has 0 bridgehead atoms. The van der Waals surface area contributed by atoms with Gasteiger partial charge in [0.25, 0.3) is 10.1 Å². The van der Waals surface area contributed by atoms with Crippen molar-refractivity contribution in [3.8, 4) is 0 Å². The number of aryl methyl sites for hydroxylation is 1. The van der Waals surface area contributed by atoms with Crippen LogP contribution in [0.1, 0.15) is 17.5 Å². The van der Waals surface area contributed by atoms with Crippen LogP contribution in [-0.2, 0) is 25.6 Å². The Balaban J connectivity index is 0.00000300. The van der Waals surface area contributed by atoms with Crippen molar-refractivity contribution in [3.63, 3.8) is 0 Å². The molecule has 9 heteroatoms. The summed E-state index contributed by atoms with van der Waals surface area (Å²) in [5.41, 5.74) is 7.93. The summed E-state index contributed by atoms with van der Waals surface area (Å²) < 4.78 is 35.5. The second-order valence-electron chi connectivity index (χ2n) is 6.84. The molecular weight excluding hydrogens is 403 g/mol. The summed E-state index contributed by atoms with van der Waals surface area (Å²) in [6.07, 6.45) is -0.851. The van der Waals surface area contributed by atoms with Crippen LogP contribution in [0, 0.1) is 6.92 Å². The van der Waals surface area contributed by atoms with Gasteiger partial charge in [-0.3, -0.25) is 4.18 Å². The Labute approximate surface area is 193 Å². The van der Waals surface area contributed by atoms with Gasteiger partial charge in [-0.15, -0.1) is 0 Å². The molecule has 151 valence electrons. The van der Waals surface area contributed by atoms with E-state index in [0.29, 0.717) is 13.0 Å². The van der Waals surface area contributed by atoms with Crippen molar-refractivity contribution in [2.45, 2.75) is 37.0 Å². The third-order valence-electron chi connectivity index (χ3n) is 4.62. The van der Waals surface area contributed by atoms with Gasteiger partial charge < -0.3 is 15.4 Å². The molecule has 0 spiro atoms. The summed E-state index contributed by atoms with van der Waals surface area (Å²) >= 11 is 0. The van der Waals surface area contributed by atoms with Crippen molar-refractivity contribution in [2.75, 3.05) is 13.1 Å². The van der Waals surface area contributed by atoms with Gasteiger partial charge in [-0.1, -0.05) is 48.0 Å². The third kappa shape index (κ3) is 6.53. The summed E-state index contributed by atoms with van der Waals surface area (Å²) in [5.74, 6) is 0. The molecule has 1 radical (unpaired) electrons. The van der Waals surface area contributed by atoms with Crippen LogP contribution < -0.4 is 5.73 Å². The van der Waals surface area contributed by atoms with Gasteiger partial charge in [0.1, 0.15) is 6.61 Å². The molecule has 0 aromatic heterocycles. The summed E-state index contributed by atoms with van der Waals surface area (Å²) in [6, 6.07) is 15.2. The third-order valence-corrected chi connectivity index (χ3v) is 5.97. The number of carbonyl (C=O) groups excluding carboxylic acids is 1. The van der Waals surface area contributed by atoms with E-state index >= 15 is 0 Å². The zero-order valence-electron chi connectivity index (χ0n) is 16.7. The Morgan fingerprint density at radius 3 is 2.41 bits per heavy atom. The first-order valence-corrected chi connectivity index (χ1v) is 10.5. The number of benzene rings is 2. The molecule has 2 aromatic rings. The van der Waals surface area contributed by atoms with E-state index in [1.54, 1.807) is 12.1 Å². The van der Waals surface area contributed by atoms with Gasteiger partial charge in [-0.25, -0.2) is 4.79 Å². The topological polar surface area (TPSA) is 98.9 Å². The molecule has 1 saturated heterocycles. The van der Waals surface area contributed by atoms with Crippen LogP contribution in [-0.4, -0.2) is 74.2 Å². The molecule has 1 amide bonds. The average molecular weight is 427 g/mol. The molecule has 0 aliphatic carbocycles. The zero-order chi connectivity index (χ0) is 20.1. The Bertz CT molecular complexity index is 906. The van der Waals surface area contributed by atoms with Crippen molar-refractivity contribution < 1.29 is 22.1 Å². The second-order valence-corrected chi connectivity index (χ2v) is 8.41. The second kappa shape index (κ2) is 10.6. The fourth-order valence-electron chi connectivity index (χ4n) is 2.98. The zero-order valence-corrected chi connectivity index (χ0v) is 19.5. The predicted molar refractivity (Wildman–Crippen MR) is 110 cm³/mol. The maximum absolute atomic E-state index is 12.4. The molecule has 1 aliphatic rings. The van der Waals surface area contributed by atoms with Crippen LogP contribution in [0.15, 0.2) is 59.5 Å². The largest absolute Gasteiger partial charge is 0.445 e. The van der Waals surface area contributed by atoms with Crippen LogP contribution >= 0.6 is 0 Å². The molecular formula is C20H24N2NaO5S. The van der Waals surface area contributed by atoms with E-state index in [-0.39, 0.29) is 47.6 Å².